The predicted molar refractivity (Wildman–Crippen MR) is 63.9 cm³/mol. The number of nitrogen functional groups attached to an aromatic ring is 1. The molecule has 7 nitrogen and oxygen atoms in total. The van der Waals surface area contributed by atoms with Gasteiger partial charge in [0.1, 0.15) is 5.82 Å². The van der Waals surface area contributed by atoms with Gasteiger partial charge in [0.05, 0.1) is 17.1 Å². The van der Waals surface area contributed by atoms with E-state index in [2.05, 4.69) is 14.9 Å². The summed E-state index contributed by atoms with van der Waals surface area (Å²) in [5.74, 6) is -0.136. The van der Waals surface area contributed by atoms with E-state index in [1.807, 2.05) is 0 Å². The third-order valence-corrected chi connectivity index (χ3v) is 3.66. The molecule has 0 aliphatic rings. The van der Waals surface area contributed by atoms with Gasteiger partial charge in [-0.2, -0.15) is 4.98 Å². The number of halogens is 1. The highest BCUT2D eigenvalue weighted by molar-refractivity contribution is 7.89. The molecule has 1 aromatic carbocycles. The van der Waals surface area contributed by atoms with Crippen LogP contribution >= 0.6 is 0 Å². The summed E-state index contributed by atoms with van der Waals surface area (Å²) in [7, 11) is -3.81. The molecule has 1 heterocycles. The van der Waals surface area contributed by atoms with Gasteiger partial charge in [0.15, 0.2) is 5.82 Å². The zero-order chi connectivity index (χ0) is 14.0. The topological polar surface area (TPSA) is 111 Å². The molecule has 0 amide bonds. The Balaban J connectivity index is 2.16. The molecule has 0 spiro atoms. The summed E-state index contributed by atoms with van der Waals surface area (Å²) in [4.78, 5) is 3.71. The fourth-order valence-corrected chi connectivity index (χ4v) is 2.35. The zero-order valence-corrected chi connectivity index (χ0v) is 10.7. The van der Waals surface area contributed by atoms with Gasteiger partial charge >= 0.3 is 0 Å². The fourth-order valence-electron chi connectivity index (χ4n) is 1.34. The summed E-state index contributed by atoms with van der Waals surface area (Å²) < 4.78 is 43.8. The van der Waals surface area contributed by atoms with Crippen LogP contribution in [0.3, 0.4) is 0 Å². The third-order valence-electron chi connectivity index (χ3n) is 2.26. The summed E-state index contributed by atoms with van der Waals surface area (Å²) in [5, 5.41) is 3.53. The number of rotatable bonds is 4. The molecule has 0 unspecified atom stereocenters. The van der Waals surface area contributed by atoms with E-state index in [0.717, 1.165) is 18.2 Å². The van der Waals surface area contributed by atoms with Crippen LogP contribution in [0.25, 0.3) is 0 Å². The second kappa shape index (κ2) is 4.94. The number of anilines is 1. The molecular weight excluding hydrogens is 275 g/mol. The summed E-state index contributed by atoms with van der Waals surface area (Å²) in [5.41, 5.74) is 5.08. The van der Waals surface area contributed by atoms with Crippen molar-refractivity contribution in [3.8, 4) is 0 Å². The highest BCUT2D eigenvalue weighted by Gasteiger charge is 2.16. The van der Waals surface area contributed by atoms with E-state index in [0.29, 0.717) is 5.82 Å². The normalized spacial score (nSPS) is 11.7. The SMILES string of the molecule is Cc1noc(CNS(=O)(=O)c2ccc(F)c(N)c2)n1. The first-order chi connectivity index (χ1) is 8.88. The Morgan fingerprint density at radius 3 is 2.79 bits per heavy atom. The number of nitrogens with zero attached hydrogens (tertiary/aromatic N) is 2. The lowest BCUT2D eigenvalue weighted by atomic mass is 10.3. The summed E-state index contributed by atoms with van der Waals surface area (Å²) >= 11 is 0. The van der Waals surface area contributed by atoms with Crippen LogP contribution in [-0.4, -0.2) is 18.6 Å². The zero-order valence-electron chi connectivity index (χ0n) is 9.92. The highest BCUT2D eigenvalue weighted by Crippen LogP contribution is 2.16. The molecule has 1 aromatic heterocycles. The van der Waals surface area contributed by atoms with Crippen molar-refractivity contribution < 1.29 is 17.3 Å². The summed E-state index contributed by atoms with van der Waals surface area (Å²) in [6.07, 6.45) is 0. The molecule has 0 radical (unpaired) electrons. The second-order valence-electron chi connectivity index (χ2n) is 3.74. The lowest BCUT2D eigenvalue weighted by Gasteiger charge is -2.05. The number of benzene rings is 1. The monoisotopic (exact) mass is 286 g/mol. The van der Waals surface area contributed by atoms with Crippen LogP contribution in [0, 0.1) is 12.7 Å². The first-order valence-corrected chi connectivity index (χ1v) is 6.71. The number of sulfonamides is 1. The fraction of sp³-hybridized carbons (Fsp3) is 0.200. The Kier molecular flexibility index (Phi) is 3.49. The predicted octanol–water partition coefficient (Wildman–Crippen LogP) is 0.578. The highest BCUT2D eigenvalue weighted by atomic mass is 32.2. The molecule has 19 heavy (non-hydrogen) atoms. The van der Waals surface area contributed by atoms with Crippen molar-refractivity contribution in [3.05, 3.63) is 35.7 Å². The number of nitrogens with one attached hydrogen (secondary N) is 1. The molecule has 2 rings (SSSR count). The Labute approximate surface area is 108 Å². The van der Waals surface area contributed by atoms with Gasteiger partial charge in [-0.25, -0.2) is 17.5 Å². The average Bonchev–Trinajstić information content (AvgIpc) is 2.76. The number of hydrogen-bond acceptors (Lipinski definition) is 6. The van der Waals surface area contributed by atoms with Gasteiger partial charge in [-0.1, -0.05) is 5.16 Å². The average molecular weight is 286 g/mol. The minimum Gasteiger partial charge on any atom is -0.396 e. The standard InChI is InChI=1S/C10H11FN4O3S/c1-6-14-10(18-15-6)5-13-19(16,17)7-2-3-8(11)9(12)4-7/h2-4,13H,5,12H2,1H3. The van der Waals surface area contributed by atoms with Gasteiger partial charge < -0.3 is 10.3 Å². The molecule has 2 aromatic rings. The summed E-state index contributed by atoms with van der Waals surface area (Å²) in [6, 6.07) is 3.14. The van der Waals surface area contributed by atoms with E-state index >= 15 is 0 Å². The van der Waals surface area contributed by atoms with Crippen molar-refractivity contribution in [1.82, 2.24) is 14.9 Å². The molecule has 0 saturated carbocycles. The van der Waals surface area contributed by atoms with Crippen molar-refractivity contribution >= 4 is 15.7 Å². The lowest BCUT2D eigenvalue weighted by molar-refractivity contribution is 0.372. The number of nitrogens with two attached hydrogens (primary N) is 1. The van der Waals surface area contributed by atoms with Crippen molar-refractivity contribution in [3.63, 3.8) is 0 Å². The van der Waals surface area contributed by atoms with E-state index in [-0.39, 0.29) is 23.0 Å². The van der Waals surface area contributed by atoms with E-state index in [1.165, 1.54) is 0 Å². The van der Waals surface area contributed by atoms with Crippen LogP contribution < -0.4 is 10.5 Å². The van der Waals surface area contributed by atoms with Crippen molar-refractivity contribution in [2.45, 2.75) is 18.4 Å². The number of aromatic nitrogens is 2. The van der Waals surface area contributed by atoms with Crippen molar-refractivity contribution in [2.24, 2.45) is 0 Å². The van der Waals surface area contributed by atoms with Crippen LogP contribution in [0.2, 0.25) is 0 Å². The van der Waals surface area contributed by atoms with Gasteiger partial charge in [-0.15, -0.1) is 0 Å². The first-order valence-electron chi connectivity index (χ1n) is 5.22. The quantitative estimate of drug-likeness (QED) is 0.795. The van der Waals surface area contributed by atoms with Crippen LogP contribution in [0.1, 0.15) is 11.7 Å². The Morgan fingerprint density at radius 1 is 1.47 bits per heavy atom. The Morgan fingerprint density at radius 2 is 2.21 bits per heavy atom. The molecule has 0 aliphatic carbocycles. The van der Waals surface area contributed by atoms with Crippen LogP contribution in [0.15, 0.2) is 27.6 Å². The lowest BCUT2D eigenvalue weighted by Crippen LogP contribution is -2.23. The van der Waals surface area contributed by atoms with E-state index in [1.54, 1.807) is 6.92 Å². The largest absolute Gasteiger partial charge is 0.396 e. The molecule has 9 heteroatoms. The van der Waals surface area contributed by atoms with Gasteiger partial charge in [0.25, 0.3) is 0 Å². The van der Waals surface area contributed by atoms with Crippen LogP contribution in [0.5, 0.6) is 0 Å². The van der Waals surface area contributed by atoms with Gasteiger partial charge in [0.2, 0.25) is 15.9 Å². The first kappa shape index (κ1) is 13.4. The van der Waals surface area contributed by atoms with Gasteiger partial charge in [-0.05, 0) is 25.1 Å². The maximum absolute atomic E-state index is 13.0. The maximum Gasteiger partial charge on any atom is 0.241 e. The molecule has 0 fully saturated rings. The van der Waals surface area contributed by atoms with Crippen LogP contribution in [0.4, 0.5) is 10.1 Å². The molecule has 0 bridgehead atoms. The second-order valence-corrected chi connectivity index (χ2v) is 5.51. The molecule has 102 valence electrons. The van der Waals surface area contributed by atoms with Crippen molar-refractivity contribution in [1.29, 1.82) is 0 Å². The van der Waals surface area contributed by atoms with E-state index in [9.17, 15) is 12.8 Å². The molecule has 3 N–H and O–H groups in total. The third kappa shape index (κ3) is 3.06. The van der Waals surface area contributed by atoms with Gasteiger partial charge in [-0.3, -0.25) is 0 Å². The number of aryl methyl sites for hydroxylation is 1. The molecule has 0 aliphatic heterocycles. The molecule has 0 atom stereocenters. The van der Waals surface area contributed by atoms with Crippen LogP contribution in [-0.2, 0) is 16.6 Å². The Bertz CT molecular complexity index is 699. The smallest absolute Gasteiger partial charge is 0.241 e. The Hall–Kier alpha value is -2.00. The number of hydrogen-bond donors (Lipinski definition) is 2. The van der Waals surface area contributed by atoms with Gasteiger partial charge in [0, 0.05) is 0 Å². The minimum absolute atomic E-state index is 0.135. The summed E-state index contributed by atoms with van der Waals surface area (Å²) in [6.45, 7) is 1.46. The van der Waals surface area contributed by atoms with E-state index < -0.39 is 15.8 Å². The minimum atomic E-state index is -3.81. The molecular formula is C10H11FN4O3S. The molecule has 0 saturated heterocycles. The maximum atomic E-state index is 13.0. The van der Waals surface area contributed by atoms with Crippen molar-refractivity contribution in [2.75, 3.05) is 5.73 Å². The van der Waals surface area contributed by atoms with E-state index in [4.69, 9.17) is 10.3 Å².